The number of halogens is 1. The predicted octanol–water partition coefficient (Wildman–Crippen LogP) is 2.52. The average Bonchev–Trinajstić information content (AvgIpc) is 2.99. The lowest BCUT2D eigenvalue weighted by molar-refractivity contribution is -0.143. The highest BCUT2D eigenvalue weighted by Gasteiger charge is 2.59. The van der Waals surface area contributed by atoms with Gasteiger partial charge in [0.2, 0.25) is 0 Å². The van der Waals surface area contributed by atoms with Gasteiger partial charge in [-0.1, -0.05) is 32.1 Å². The zero-order chi connectivity index (χ0) is 15.7. The Morgan fingerprint density at radius 2 is 1.57 bits per heavy atom. The highest BCUT2D eigenvalue weighted by Crippen LogP contribution is 2.41. The molecule has 2 rings (SSSR count). The summed E-state index contributed by atoms with van der Waals surface area (Å²) in [5.74, 6) is -2.03. The molecule has 2 aliphatic carbocycles. The van der Waals surface area contributed by atoms with E-state index < -0.39 is 26.9 Å². The minimum Gasteiger partial charge on any atom is -0.339 e. The lowest BCUT2D eigenvalue weighted by Crippen LogP contribution is -2.56. The minimum atomic E-state index is -5.09. The average molecular weight is 321 g/mol. The molecule has 1 N–H and O–H groups in total. The maximum Gasteiger partial charge on any atom is 0.314 e. The Hall–Kier alpha value is -0.690. The standard InChI is InChI=1S/C14H24FNO4S/c1-16(12-9-3-2-4-10-12)13(17)14(15,21(18,19)20)11-7-5-6-8-11/h11-12H,2-10H2,1H3,(H,18,19,20). The number of carbonyl (C=O) groups excluding carboxylic acids is 1. The van der Waals surface area contributed by atoms with Gasteiger partial charge in [-0.2, -0.15) is 8.42 Å². The van der Waals surface area contributed by atoms with E-state index in [1.54, 1.807) is 0 Å². The Morgan fingerprint density at radius 1 is 1.10 bits per heavy atom. The molecule has 5 nitrogen and oxygen atoms in total. The summed E-state index contributed by atoms with van der Waals surface area (Å²) in [6.07, 6.45) is 6.52. The summed E-state index contributed by atoms with van der Waals surface area (Å²) in [4.78, 5) is 13.7. The highest BCUT2D eigenvalue weighted by atomic mass is 32.2. The molecule has 2 saturated carbocycles. The van der Waals surface area contributed by atoms with Crippen molar-refractivity contribution in [3.63, 3.8) is 0 Å². The smallest absolute Gasteiger partial charge is 0.314 e. The summed E-state index contributed by atoms with van der Waals surface area (Å²) in [5, 5.41) is -3.18. The van der Waals surface area contributed by atoms with E-state index in [-0.39, 0.29) is 6.04 Å². The molecular weight excluding hydrogens is 297 g/mol. The van der Waals surface area contributed by atoms with E-state index in [9.17, 15) is 17.8 Å². The van der Waals surface area contributed by atoms with Crippen molar-refractivity contribution in [3.05, 3.63) is 0 Å². The Balaban J connectivity index is 2.25. The van der Waals surface area contributed by atoms with E-state index in [2.05, 4.69) is 0 Å². The molecule has 0 aliphatic heterocycles. The van der Waals surface area contributed by atoms with Crippen molar-refractivity contribution >= 4 is 16.0 Å². The van der Waals surface area contributed by atoms with E-state index in [0.29, 0.717) is 25.7 Å². The maximum absolute atomic E-state index is 15.2. The normalized spacial score (nSPS) is 24.7. The Bertz CT molecular complexity index is 483. The number of nitrogens with zero attached hydrogens (tertiary/aromatic N) is 1. The third kappa shape index (κ3) is 3.08. The van der Waals surface area contributed by atoms with Crippen LogP contribution in [0, 0.1) is 5.92 Å². The molecule has 1 atom stereocenters. The number of carbonyl (C=O) groups is 1. The Kier molecular flexibility index (Phi) is 4.92. The van der Waals surface area contributed by atoms with Crippen LogP contribution in [-0.2, 0) is 14.9 Å². The second-order valence-corrected chi connectivity index (χ2v) is 7.85. The zero-order valence-corrected chi connectivity index (χ0v) is 13.2. The van der Waals surface area contributed by atoms with Crippen molar-refractivity contribution in [1.29, 1.82) is 0 Å². The summed E-state index contributed by atoms with van der Waals surface area (Å²) in [5.41, 5.74) is 0. The number of amides is 1. The van der Waals surface area contributed by atoms with Crippen LogP contribution in [0.2, 0.25) is 0 Å². The third-order valence-corrected chi connectivity index (χ3v) is 6.25. The molecule has 0 radical (unpaired) electrons. The summed E-state index contributed by atoms with van der Waals surface area (Å²) in [6.45, 7) is 0. The molecule has 0 aromatic rings. The zero-order valence-electron chi connectivity index (χ0n) is 12.4. The van der Waals surface area contributed by atoms with Gasteiger partial charge in [0.05, 0.1) is 0 Å². The third-order valence-electron chi connectivity index (χ3n) is 4.99. The summed E-state index contributed by atoms with van der Waals surface area (Å²) in [6, 6.07) is -0.135. The van der Waals surface area contributed by atoms with Gasteiger partial charge in [-0.25, -0.2) is 4.39 Å². The van der Waals surface area contributed by atoms with Gasteiger partial charge in [0, 0.05) is 19.0 Å². The van der Waals surface area contributed by atoms with Crippen molar-refractivity contribution in [3.8, 4) is 0 Å². The molecule has 2 fully saturated rings. The van der Waals surface area contributed by atoms with E-state index in [1.165, 1.54) is 11.9 Å². The fourth-order valence-corrected chi connectivity index (χ4v) is 4.69. The first-order valence-electron chi connectivity index (χ1n) is 7.71. The van der Waals surface area contributed by atoms with Crippen LogP contribution in [0.15, 0.2) is 0 Å². The molecule has 0 aromatic carbocycles. The van der Waals surface area contributed by atoms with Crippen LogP contribution >= 0.6 is 0 Å². The van der Waals surface area contributed by atoms with Crippen molar-refractivity contribution in [2.24, 2.45) is 5.92 Å². The molecule has 0 aromatic heterocycles. The predicted molar refractivity (Wildman–Crippen MR) is 77.0 cm³/mol. The second kappa shape index (κ2) is 6.20. The quantitative estimate of drug-likeness (QED) is 0.807. The van der Waals surface area contributed by atoms with Crippen LogP contribution in [0.25, 0.3) is 0 Å². The van der Waals surface area contributed by atoms with E-state index in [4.69, 9.17) is 0 Å². The monoisotopic (exact) mass is 321 g/mol. The van der Waals surface area contributed by atoms with Crippen molar-refractivity contribution in [2.75, 3.05) is 7.05 Å². The highest BCUT2D eigenvalue weighted by molar-refractivity contribution is 7.87. The molecule has 0 spiro atoms. The number of rotatable bonds is 4. The van der Waals surface area contributed by atoms with Gasteiger partial charge in [0.15, 0.2) is 0 Å². The summed E-state index contributed by atoms with van der Waals surface area (Å²) in [7, 11) is -3.64. The van der Waals surface area contributed by atoms with Crippen molar-refractivity contribution in [1.82, 2.24) is 4.90 Å². The van der Waals surface area contributed by atoms with Crippen LogP contribution in [0.1, 0.15) is 57.8 Å². The molecule has 0 bridgehead atoms. The number of hydrogen-bond donors (Lipinski definition) is 1. The molecule has 1 amide bonds. The van der Waals surface area contributed by atoms with Crippen LogP contribution in [0.5, 0.6) is 0 Å². The lowest BCUT2D eigenvalue weighted by atomic mass is 9.93. The fraction of sp³-hybridized carbons (Fsp3) is 0.929. The molecule has 21 heavy (non-hydrogen) atoms. The molecule has 0 saturated heterocycles. The van der Waals surface area contributed by atoms with Gasteiger partial charge in [-0.15, -0.1) is 0 Å². The molecular formula is C14H24FNO4S. The number of hydrogen-bond acceptors (Lipinski definition) is 3. The van der Waals surface area contributed by atoms with Crippen LogP contribution in [0.4, 0.5) is 4.39 Å². The van der Waals surface area contributed by atoms with Gasteiger partial charge >= 0.3 is 15.1 Å². The molecule has 122 valence electrons. The van der Waals surface area contributed by atoms with E-state index in [0.717, 1.165) is 32.1 Å². The lowest BCUT2D eigenvalue weighted by Gasteiger charge is -2.36. The molecule has 2 aliphatic rings. The SMILES string of the molecule is CN(C(=O)C(F)(C1CCCC1)S(=O)(=O)O)C1CCCCC1. The summed E-state index contributed by atoms with van der Waals surface area (Å²) >= 11 is 0. The Labute approximate surface area is 125 Å². The van der Waals surface area contributed by atoms with Crippen LogP contribution in [-0.4, -0.2) is 41.9 Å². The second-order valence-electron chi connectivity index (χ2n) is 6.31. The minimum absolute atomic E-state index is 0.135. The summed E-state index contributed by atoms with van der Waals surface area (Å²) < 4.78 is 47.7. The van der Waals surface area contributed by atoms with Gasteiger partial charge in [-0.3, -0.25) is 9.35 Å². The molecule has 0 heterocycles. The van der Waals surface area contributed by atoms with Crippen molar-refractivity contribution in [2.45, 2.75) is 68.8 Å². The number of alkyl halides is 1. The topological polar surface area (TPSA) is 74.7 Å². The Morgan fingerprint density at radius 3 is 2.05 bits per heavy atom. The van der Waals surface area contributed by atoms with Crippen LogP contribution in [0.3, 0.4) is 0 Å². The first-order valence-corrected chi connectivity index (χ1v) is 9.15. The largest absolute Gasteiger partial charge is 0.339 e. The first-order chi connectivity index (χ1) is 9.78. The van der Waals surface area contributed by atoms with E-state index >= 15 is 4.39 Å². The van der Waals surface area contributed by atoms with Gasteiger partial charge < -0.3 is 4.90 Å². The van der Waals surface area contributed by atoms with Crippen LogP contribution < -0.4 is 0 Å². The molecule has 1 unspecified atom stereocenters. The van der Waals surface area contributed by atoms with Gasteiger partial charge in [0.1, 0.15) is 0 Å². The fourth-order valence-electron chi connectivity index (χ4n) is 3.67. The van der Waals surface area contributed by atoms with Gasteiger partial charge in [-0.05, 0) is 25.7 Å². The van der Waals surface area contributed by atoms with Gasteiger partial charge in [0.25, 0.3) is 5.91 Å². The molecule has 7 heteroatoms. The maximum atomic E-state index is 15.2. The van der Waals surface area contributed by atoms with E-state index in [1.807, 2.05) is 0 Å². The first kappa shape index (κ1) is 16.7. The van der Waals surface area contributed by atoms with Crippen molar-refractivity contribution < 1.29 is 22.2 Å².